The van der Waals surface area contributed by atoms with Crippen LogP contribution in [0.4, 0.5) is 0 Å². The number of esters is 1. The van der Waals surface area contributed by atoms with Gasteiger partial charge in [0, 0.05) is 20.2 Å². The number of carbonyl (C=O) groups excluding carboxylic acids is 1. The zero-order valence-corrected chi connectivity index (χ0v) is 19.1. The van der Waals surface area contributed by atoms with Crippen molar-refractivity contribution in [2.75, 3.05) is 27.3 Å². The Labute approximate surface area is 193 Å². The van der Waals surface area contributed by atoms with E-state index in [0.717, 1.165) is 13.0 Å². The molecule has 3 rings (SSSR count). The average Bonchev–Trinajstić information content (AvgIpc) is 2.81. The summed E-state index contributed by atoms with van der Waals surface area (Å²) in [5.41, 5.74) is 1.55. The van der Waals surface area contributed by atoms with Gasteiger partial charge in [0.1, 0.15) is 0 Å². The van der Waals surface area contributed by atoms with Crippen LogP contribution >= 0.6 is 0 Å². The van der Waals surface area contributed by atoms with Gasteiger partial charge in [0.15, 0.2) is 0 Å². The normalized spacial score (nSPS) is 12.4. The van der Waals surface area contributed by atoms with Gasteiger partial charge in [0.2, 0.25) is 0 Å². The molecule has 0 radical (unpaired) electrons. The average molecular weight is 478 g/mol. The van der Waals surface area contributed by atoms with Crippen molar-refractivity contribution >= 4 is 22.1 Å². The van der Waals surface area contributed by atoms with Crippen LogP contribution in [0, 0.1) is 0 Å². The van der Waals surface area contributed by atoms with E-state index in [9.17, 15) is 18.0 Å². The number of ether oxygens (including phenoxy) is 1. The van der Waals surface area contributed by atoms with Gasteiger partial charge in [-0.05, 0) is 54.6 Å². The minimum absolute atomic E-state index is 0.0721. The van der Waals surface area contributed by atoms with Crippen LogP contribution in [-0.2, 0) is 14.9 Å². The first kappa shape index (κ1) is 27.6. The Balaban J connectivity index is 0.000000251. The second-order valence-corrected chi connectivity index (χ2v) is 8.10. The van der Waals surface area contributed by atoms with Gasteiger partial charge in [-0.2, -0.15) is 8.42 Å². The number of rotatable bonds is 5. The van der Waals surface area contributed by atoms with Crippen LogP contribution in [0.2, 0.25) is 0 Å². The smallest absolute Gasteiger partial charge is 0.337 e. The topological polar surface area (TPSA) is 141 Å². The first-order valence-electron chi connectivity index (χ1n) is 9.71. The fraction of sp³-hybridized carbons (Fsp3) is 0.217. The molecule has 10 heteroatoms. The summed E-state index contributed by atoms with van der Waals surface area (Å²) in [5, 5.41) is 17.2. The van der Waals surface area contributed by atoms with Crippen molar-refractivity contribution in [2.24, 2.45) is 0 Å². The molecular formula is C23H27NO8S. The highest BCUT2D eigenvalue weighted by atomic mass is 32.2. The molecule has 1 aliphatic rings. The molecular weight excluding hydrogens is 450 g/mol. The molecule has 1 aliphatic heterocycles. The summed E-state index contributed by atoms with van der Waals surface area (Å²) in [7, 11) is -0.727. The number of benzene rings is 2. The summed E-state index contributed by atoms with van der Waals surface area (Å²) >= 11 is 0. The van der Waals surface area contributed by atoms with Crippen molar-refractivity contribution in [3.63, 3.8) is 0 Å². The van der Waals surface area contributed by atoms with Crippen molar-refractivity contribution in [1.29, 1.82) is 0 Å². The SMILES string of the molecule is CN1C=CC(CCO)=CC1.COC(=O)c1cccc(C(=O)O)c1.O=S(=O)(O)c1ccccc1. The zero-order valence-electron chi connectivity index (χ0n) is 18.3. The standard InChI is InChI=1S/C9H8O4.C8H13NO.C6H6O3S/c1-13-9(12)7-4-2-3-6(5-7)8(10)11;1-9-5-2-8(3-6-9)4-7-10;7-10(8,9)6-4-2-1-3-5-6/h2-5H,1H3,(H,10,11);2-3,5,10H,4,6-7H2,1H3;1-5H,(H,7,8,9). The van der Waals surface area contributed by atoms with Crippen LogP contribution in [0.3, 0.4) is 0 Å². The Morgan fingerprint density at radius 1 is 1.06 bits per heavy atom. The van der Waals surface area contributed by atoms with Crippen molar-refractivity contribution < 1.29 is 37.5 Å². The summed E-state index contributed by atoms with van der Waals surface area (Å²) in [6.07, 6.45) is 6.99. The lowest BCUT2D eigenvalue weighted by Gasteiger charge is -2.16. The van der Waals surface area contributed by atoms with Crippen LogP contribution in [0.25, 0.3) is 0 Å². The van der Waals surface area contributed by atoms with E-state index >= 15 is 0 Å². The number of likely N-dealkylation sites (N-methyl/N-ethyl adjacent to an activating group) is 1. The minimum atomic E-state index is -4.00. The van der Waals surface area contributed by atoms with E-state index < -0.39 is 22.1 Å². The molecule has 0 atom stereocenters. The molecule has 0 saturated heterocycles. The second-order valence-electron chi connectivity index (χ2n) is 6.67. The Morgan fingerprint density at radius 3 is 2.15 bits per heavy atom. The summed E-state index contributed by atoms with van der Waals surface area (Å²) in [4.78, 5) is 23.5. The molecule has 3 N–H and O–H groups in total. The van der Waals surface area contributed by atoms with E-state index in [4.69, 9.17) is 14.8 Å². The molecule has 9 nitrogen and oxygen atoms in total. The Morgan fingerprint density at radius 2 is 1.70 bits per heavy atom. The number of hydrogen-bond acceptors (Lipinski definition) is 7. The minimum Gasteiger partial charge on any atom is -0.478 e. The van der Waals surface area contributed by atoms with E-state index in [1.54, 1.807) is 18.2 Å². The largest absolute Gasteiger partial charge is 0.478 e. The molecule has 0 bridgehead atoms. The van der Waals surface area contributed by atoms with Crippen molar-refractivity contribution in [2.45, 2.75) is 11.3 Å². The van der Waals surface area contributed by atoms with E-state index in [1.807, 2.05) is 19.3 Å². The van der Waals surface area contributed by atoms with Gasteiger partial charge in [-0.15, -0.1) is 0 Å². The quantitative estimate of drug-likeness (QED) is 0.438. The number of methoxy groups -OCH3 is 1. The fourth-order valence-electron chi connectivity index (χ4n) is 2.42. The van der Waals surface area contributed by atoms with E-state index in [-0.39, 0.29) is 22.6 Å². The van der Waals surface area contributed by atoms with Crippen LogP contribution in [0.5, 0.6) is 0 Å². The van der Waals surface area contributed by atoms with E-state index in [0.29, 0.717) is 0 Å². The molecule has 2 aromatic rings. The number of allylic oxidation sites excluding steroid dienone is 1. The molecule has 0 spiro atoms. The number of carbonyl (C=O) groups is 2. The number of aliphatic hydroxyl groups is 1. The van der Waals surface area contributed by atoms with Gasteiger partial charge in [-0.25, -0.2) is 9.59 Å². The van der Waals surface area contributed by atoms with Crippen LogP contribution in [0.1, 0.15) is 27.1 Å². The third kappa shape index (κ3) is 10.6. The Hall–Kier alpha value is -3.47. The van der Waals surface area contributed by atoms with Crippen LogP contribution in [0.15, 0.2) is 83.4 Å². The lowest BCUT2D eigenvalue weighted by molar-refractivity contribution is 0.0600. The van der Waals surface area contributed by atoms with Gasteiger partial charge in [-0.3, -0.25) is 4.55 Å². The maximum Gasteiger partial charge on any atom is 0.337 e. The van der Waals surface area contributed by atoms with Crippen molar-refractivity contribution in [1.82, 2.24) is 4.90 Å². The lowest BCUT2D eigenvalue weighted by Crippen LogP contribution is -2.13. The summed E-state index contributed by atoms with van der Waals surface area (Å²) < 4.78 is 33.7. The maximum absolute atomic E-state index is 11.0. The lowest BCUT2D eigenvalue weighted by atomic mass is 10.1. The van der Waals surface area contributed by atoms with Gasteiger partial charge in [0.25, 0.3) is 10.1 Å². The van der Waals surface area contributed by atoms with Gasteiger partial charge in [-0.1, -0.05) is 30.3 Å². The molecule has 0 saturated carbocycles. The number of aromatic carboxylic acids is 1. The molecule has 1 heterocycles. The number of nitrogens with zero attached hydrogens (tertiary/aromatic N) is 1. The number of aliphatic hydroxyl groups excluding tert-OH is 1. The monoisotopic (exact) mass is 477 g/mol. The highest BCUT2D eigenvalue weighted by Gasteiger charge is 2.08. The molecule has 178 valence electrons. The maximum atomic E-state index is 11.0. The first-order valence-corrected chi connectivity index (χ1v) is 11.1. The van der Waals surface area contributed by atoms with Gasteiger partial charge in [0.05, 0.1) is 23.1 Å². The van der Waals surface area contributed by atoms with Gasteiger partial charge >= 0.3 is 11.9 Å². The van der Waals surface area contributed by atoms with E-state index in [1.165, 1.54) is 49.1 Å². The number of carboxylic acids is 1. The van der Waals surface area contributed by atoms with Gasteiger partial charge < -0.3 is 19.8 Å². The summed E-state index contributed by atoms with van der Waals surface area (Å²) in [6, 6.07) is 13.1. The van der Waals surface area contributed by atoms with Crippen molar-refractivity contribution in [3.05, 3.63) is 89.6 Å². The zero-order chi connectivity index (χ0) is 24.9. The first-order chi connectivity index (χ1) is 15.6. The third-order valence-corrected chi connectivity index (χ3v) is 5.02. The molecule has 0 unspecified atom stereocenters. The van der Waals surface area contributed by atoms with E-state index in [2.05, 4.69) is 15.7 Å². The predicted octanol–water partition coefficient (Wildman–Crippen LogP) is 2.86. The molecule has 2 aromatic carbocycles. The molecule has 0 aliphatic carbocycles. The number of hydrogen-bond donors (Lipinski definition) is 3. The molecule has 0 fully saturated rings. The third-order valence-electron chi connectivity index (χ3n) is 4.16. The Bertz CT molecular complexity index is 1080. The molecule has 0 aromatic heterocycles. The van der Waals surface area contributed by atoms with Crippen molar-refractivity contribution in [3.8, 4) is 0 Å². The summed E-state index contributed by atoms with van der Waals surface area (Å²) in [5.74, 6) is -1.60. The molecule has 33 heavy (non-hydrogen) atoms. The van der Waals surface area contributed by atoms with Crippen LogP contribution in [-0.4, -0.2) is 67.3 Å². The number of carboxylic acid groups (broad SMARTS) is 1. The predicted molar refractivity (Wildman–Crippen MR) is 123 cm³/mol. The Kier molecular flexibility index (Phi) is 11.6. The molecule has 0 amide bonds. The second kappa shape index (κ2) is 13.8. The summed E-state index contributed by atoms with van der Waals surface area (Å²) in [6.45, 7) is 1.21. The highest BCUT2D eigenvalue weighted by molar-refractivity contribution is 7.85. The fourth-order valence-corrected chi connectivity index (χ4v) is 2.92. The highest BCUT2D eigenvalue weighted by Crippen LogP contribution is 2.08. The van der Waals surface area contributed by atoms with Crippen LogP contribution < -0.4 is 0 Å².